The maximum atomic E-state index is 9.81. The molecule has 0 unspecified atom stereocenters. The Hall–Kier alpha value is -2.07. The van der Waals surface area contributed by atoms with E-state index in [-0.39, 0.29) is 0 Å². The predicted octanol–water partition coefficient (Wildman–Crippen LogP) is 2.91. The Morgan fingerprint density at radius 2 is 2.05 bits per heavy atom. The van der Waals surface area contributed by atoms with Gasteiger partial charge in [0.2, 0.25) is 0 Å². The van der Waals surface area contributed by atoms with Gasteiger partial charge in [-0.25, -0.2) is 4.98 Å². The van der Waals surface area contributed by atoms with E-state index in [1.54, 1.807) is 20.2 Å². The summed E-state index contributed by atoms with van der Waals surface area (Å²) in [5.41, 5.74) is 1.76. The number of aliphatic hydroxyl groups is 1. The number of hydrogen-bond acceptors (Lipinski definition) is 4. The zero-order valence-corrected chi connectivity index (χ0v) is 11.4. The lowest BCUT2D eigenvalue weighted by atomic mass is 10.1. The molecule has 1 atom stereocenters. The molecule has 4 nitrogen and oxygen atoms in total. The summed E-state index contributed by atoms with van der Waals surface area (Å²) in [5.74, 6) is 1.53. The third kappa shape index (κ3) is 2.85. The quantitative estimate of drug-likeness (QED) is 0.916. The first-order valence-electron chi connectivity index (χ1n) is 6.14. The lowest BCUT2D eigenvalue weighted by Gasteiger charge is -2.22. The van der Waals surface area contributed by atoms with Gasteiger partial charge in [-0.3, -0.25) is 0 Å². The molecule has 0 aliphatic rings. The van der Waals surface area contributed by atoms with Crippen LogP contribution in [0.25, 0.3) is 0 Å². The molecular formula is C15H18N2O2. The number of hydrogen-bond donors (Lipinski definition) is 1. The SMILES string of the molecule is COc1cccc(N(C)c2ncccc2[C@@H](C)O)c1. The van der Waals surface area contributed by atoms with E-state index in [4.69, 9.17) is 4.74 Å². The van der Waals surface area contributed by atoms with Crippen LogP contribution in [0.3, 0.4) is 0 Å². The fraction of sp³-hybridized carbons (Fsp3) is 0.267. The van der Waals surface area contributed by atoms with Gasteiger partial charge in [0.15, 0.2) is 0 Å². The maximum Gasteiger partial charge on any atom is 0.138 e. The molecule has 1 aromatic carbocycles. The van der Waals surface area contributed by atoms with Crippen molar-refractivity contribution in [2.75, 3.05) is 19.1 Å². The first-order chi connectivity index (χ1) is 9.13. The van der Waals surface area contributed by atoms with Crippen molar-refractivity contribution in [3.63, 3.8) is 0 Å². The minimum atomic E-state index is -0.559. The monoisotopic (exact) mass is 258 g/mol. The molecule has 0 saturated heterocycles. The summed E-state index contributed by atoms with van der Waals surface area (Å²) in [6.07, 6.45) is 1.16. The van der Waals surface area contributed by atoms with Crippen molar-refractivity contribution in [3.8, 4) is 5.75 Å². The summed E-state index contributed by atoms with van der Waals surface area (Å²) in [7, 11) is 3.56. The van der Waals surface area contributed by atoms with E-state index < -0.39 is 6.10 Å². The molecule has 0 bridgehead atoms. The summed E-state index contributed by atoms with van der Waals surface area (Å²) in [4.78, 5) is 6.29. The first-order valence-corrected chi connectivity index (χ1v) is 6.14. The molecule has 4 heteroatoms. The van der Waals surface area contributed by atoms with E-state index in [9.17, 15) is 5.11 Å². The highest BCUT2D eigenvalue weighted by atomic mass is 16.5. The fourth-order valence-electron chi connectivity index (χ4n) is 1.96. The third-order valence-electron chi connectivity index (χ3n) is 3.03. The summed E-state index contributed by atoms with van der Waals surface area (Å²) in [5, 5.41) is 9.81. The van der Waals surface area contributed by atoms with Gasteiger partial charge in [0, 0.05) is 30.6 Å². The van der Waals surface area contributed by atoms with Crippen LogP contribution in [0.1, 0.15) is 18.6 Å². The number of anilines is 2. The smallest absolute Gasteiger partial charge is 0.138 e. The molecule has 1 aromatic heterocycles. The lowest BCUT2D eigenvalue weighted by Crippen LogP contribution is -2.14. The molecule has 0 saturated carbocycles. The molecular weight excluding hydrogens is 240 g/mol. The standard InChI is InChI=1S/C15H18N2O2/c1-11(18)14-8-5-9-16-15(14)17(2)12-6-4-7-13(10-12)19-3/h4-11,18H,1-3H3/t11-/m1/s1. The largest absolute Gasteiger partial charge is 0.497 e. The Morgan fingerprint density at radius 1 is 1.26 bits per heavy atom. The van der Waals surface area contributed by atoms with Gasteiger partial charge in [-0.1, -0.05) is 12.1 Å². The topological polar surface area (TPSA) is 45.6 Å². The summed E-state index contributed by atoms with van der Waals surface area (Å²) < 4.78 is 5.22. The zero-order valence-electron chi connectivity index (χ0n) is 11.4. The Bertz CT molecular complexity index is 555. The average molecular weight is 258 g/mol. The van der Waals surface area contributed by atoms with Crippen LogP contribution in [0.5, 0.6) is 5.75 Å². The summed E-state index contributed by atoms with van der Waals surface area (Å²) in [6.45, 7) is 1.74. The number of pyridine rings is 1. The van der Waals surface area contributed by atoms with E-state index >= 15 is 0 Å². The number of methoxy groups -OCH3 is 1. The highest BCUT2D eigenvalue weighted by Gasteiger charge is 2.14. The molecule has 0 radical (unpaired) electrons. The van der Waals surface area contributed by atoms with Crippen molar-refractivity contribution in [3.05, 3.63) is 48.2 Å². The lowest BCUT2D eigenvalue weighted by molar-refractivity contribution is 0.199. The molecule has 2 rings (SSSR count). The van der Waals surface area contributed by atoms with Gasteiger partial charge in [-0.2, -0.15) is 0 Å². The van der Waals surface area contributed by atoms with Crippen LogP contribution in [0, 0.1) is 0 Å². The molecule has 2 aromatic rings. The van der Waals surface area contributed by atoms with Crippen LogP contribution in [0.4, 0.5) is 11.5 Å². The predicted molar refractivity (Wildman–Crippen MR) is 75.9 cm³/mol. The number of ether oxygens (including phenoxy) is 1. The molecule has 1 heterocycles. The van der Waals surface area contributed by atoms with Crippen molar-refractivity contribution in [1.82, 2.24) is 4.98 Å². The van der Waals surface area contributed by atoms with E-state index in [0.29, 0.717) is 0 Å². The van der Waals surface area contributed by atoms with E-state index in [2.05, 4.69) is 4.98 Å². The van der Waals surface area contributed by atoms with Gasteiger partial charge in [0.25, 0.3) is 0 Å². The average Bonchev–Trinajstić information content (AvgIpc) is 2.46. The second-order valence-electron chi connectivity index (χ2n) is 4.35. The molecule has 0 spiro atoms. The number of rotatable bonds is 4. The Kier molecular flexibility index (Phi) is 4.02. The summed E-state index contributed by atoms with van der Waals surface area (Å²) in [6, 6.07) is 11.4. The number of nitrogens with zero attached hydrogens (tertiary/aromatic N) is 2. The van der Waals surface area contributed by atoms with Crippen LogP contribution < -0.4 is 9.64 Å². The Morgan fingerprint density at radius 3 is 2.74 bits per heavy atom. The Balaban J connectivity index is 2.40. The van der Waals surface area contributed by atoms with Crippen LogP contribution in [0.2, 0.25) is 0 Å². The van der Waals surface area contributed by atoms with Gasteiger partial charge >= 0.3 is 0 Å². The van der Waals surface area contributed by atoms with E-state index in [1.165, 1.54) is 0 Å². The van der Waals surface area contributed by atoms with Gasteiger partial charge in [-0.05, 0) is 25.1 Å². The minimum Gasteiger partial charge on any atom is -0.497 e. The highest BCUT2D eigenvalue weighted by molar-refractivity contribution is 5.63. The molecule has 0 amide bonds. The Labute approximate surface area is 113 Å². The van der Waals surface area contributed by atoms with E-state index in [1.807, 2.05) is 48.3 Å². The molecule has 19 heavy (non-hydrogen) atoms. The van der Waals surface area contributed by atoms with Crippen molar-refractivity contribution < 1.29 is 9.84 Å². The number of aromatic nitrogens is 1. The molecule has 0 fully saturated rings. The second kappa shape index (κ2) is 5.71. The van der Waals surface area contributed by atoms with Crippen molar-refractivity contribution in [2.24, 2.45) is 0 Å². The molecule has 100 valence electrons. The van der Waals surface area contributed by atoms with Gasteiger partial charge in [0.05, 0.1) is 13.2 Å². The van der Waals surface area contributed by atoms with Crippen molar-refractivity contribution in [1.29, 1.82) is 0 Å². The normalized spacial score (nSPS) is 12.0. The summed E-state index contributed by atoms with van der Waals surface area (Å²) >= 11 is 0. The van der Waals surface area contributed by atoms with Crippen LogP contribution >= 0.6 is 0 Å². The van der Waals surface area contributed by atoms with E-state index in [0.717, 1.165) is 22.8 Å². The number of benzene rings is 1. The van der Waals surface area contributed by atoms with Crippen molar-refractivity contribution in [2.45, 2.75) is 13.0 Å². The van der Waals surface area contributed by atoms with Crippen LogP contribution in [-0.4, -0.2) is 24.2 Å². The van der Waals surface area contributed by atoms with Gasteiger partial charge in [0.1, 0.15) is 11.6 Å². The van der Waals surface area contributed by atoms with Gasteiger partial charge in [-0.15, -0.1) is 0 Å². The highest BCUT2D eigenvalue weighted by Crippen LogP contribution is 2.30. The molecule has 0 aliphatic heterocycles. The minimum absolute atomic E-state index is 0.559. The molecule has 1 N–H and O–H groups in total. The fourth-order valence-corrected chi connectivity index (χ4v) is 1.96. The van der Waals surface area contributed by atoms with Gasteiger partial charge < -0.3 is 14.7 Å². The van der Waals surface area contributed by atoms with Crippen molar-refractivity contribution >= 4 is 11.5 Å². The number of aliphatic hydroxyl groups excluding tert-OH is 1. The third-order valence-corrected chi connectivity index (χ3v) is 3.03. The first kappa shape index (κ1) is 13.4. The van der Waals surface area contributed by atoms with Crippen LogP contribution in [0.15, 0.2) is 42.6 Å². The van der Waals surface area contributed by atoms with Crippen LogP contribution in [-0.2, 0) is 0 Å². The zero-order chi connectivity index (χ0) is 13.8. The maximum absolute atomic E-state index is 9.81. The second-order valence-corrected chi connectivity index (χ2v) is 4.35. The molecule has 0 aliphatic carbocycles.